The van der Waals surface area contributed by atoms with E-state index >= 15 is 0 Å². The first-order chi connectivity index (χ1) is 8.72. The Bertz CT molecular complexity index is 751. The van der Waals surface area contributed by atoms with E-state index in [4.69, 9.17) is 16.3 Å². The van der Waals surface area contributed by atoms with Crippen LogP contribution >= 0.6 is 22.9 Å². The molecule has 0 N–H and O–H groups in total. The van der Waals surface area contributed by atoms with Gasteiger partial charge in [-0.05, 0) is 18.4 Å². The maximum Gasteiger partial charge on any atom is 0.362 e. The van der Waals surface area contributed by atoms with E-state index in [1.807, 2.05) is 11.4 Å². The van der Waals surface area contributed by atoms with E-state index in [2.05, 4.69) is 15.3 Å². The van der Waals surface area contributed by atoms with Gasteiger partial charge in [-0.3, -0.25) is 0 Å². The van der Waals surface area contributed by atoms with Crippen LogP contribution in [0.2, 0.25) is 5.15 Å². The highest BCUT2D eigenvalue weighted by Gasteiger charge is 2.20. The molecule has 0 aliphatic carbocycles. The number of carbonyl (C=O) groups is 1. The molecule has 18 heavy (non-hydrogen) atoms. The van der Waals surface area contributed by atoms with E-state index < -0.39 is 5.97 Å². The van der Waals surface area contributed by atoms with Crippen molar-refractivity contribution >= 4 is 44.8 Å². The highest BCUT2D eigenvalue weighted by molar-refractivity contribution is 7.17. The predicted octanol–water partition coefficient (Wildman–Crippen LogP) is 2.17. The summed E-state index contributed by atoms with van der Waals surface area (Å²) in [4.78, 5) is 15.8. The molecule has 6 nitrogen and oxygen atoms in total. The number of fused-ring (bicyclic) bond motifs is 3. The lowest BCUT2D eigenvalue weighted by atomic mass is 10.4. The Morgan fingerprint density at radius 3 is 3.22 bits per heavy atom. The molecule has 3 aromatic rings. The van der Waals surface area contributed by atoms with Crippen LogP contribution in [-0.2, 0) is 4.74 Å². The zero-order chi connectivity index (χ0) is 12.7. The minimum atomic E-state index is -0.550. The van der Waals surface area contributed by atoms with Crippen molar-refractivity contribution in [3.63, 3.8) is 0 Å². The summed E-state index contributed by atoms with van der Waals surface area (Å²) in [6, 6.07) is 1.85. The normalized spacial score (nSPS) is 11.2. The topological polar surface area (TPSA) is 69.4 Å². The third-order valence-electron chi connectivity index (χ3n) is 2.38. The van der Waals surface area contributed by atoms with Crippen molar-refractivity contribution in [2.75, 3.05) is 6.61 Å². The molecule has 0 aromatic carbocycles. The molecule has 0 atom stereocenters. The fraction of sp³-hybridized carbons (Fsp3) is 0.200. The average Bonchev–Trinajstić information content (AvgIpc) is 2.94. The van der Waals surface area contributed by atoms with Crippen molar-refractivity contribution in [1.29, 1.82) is 0 Å². The second-order valence-electron chi connectivity index (χ2n) is 3.43. The third kappa shape index (κ3) is 1.55. The minimum Gasteiger partial charge on any atom is -0.461 e. The van der Waals surface area contributed by atoms with Crippen LogP contribution in [0.15, 0.2) is 11.4 Å². The fourth-order valence-corrected chi connectivity index (χ4v) is 2.70. The van der Waals surface area contributed by atoms with Crippen LogP contribution in [0.5, 0.6) is 0 Å². The summed E-state index contributed by atoms with van der Waals surface area (Å²) in [5.74, 6) is -0.550. The monoisotopic (exact) mass is 282 g/mol. The molecule has 0 radical (unpaired) electrons. The van der Waals surface area contributed by atoms with Gasteiger partial charge in [0, 0.05) is 0 Å². The van der Waals surface area contributed by atoms with E-state index in [1.165, 1.54) is 15.9 Å². The zero-order valence-electron chi connectivity index (χ0n) is 9.25. The molecule has 3 heterocycles. The van der Waals surface area contributed by atoms with Gasteiger partial charge in [0.05, 0.1) is 16.8 Å². The summed E-state index contributed by atoms with van der Waals surface area (Å²) in [6.45, 7) is 1.99. The van der Waals surface area contributed by atoms with Gasteiger partial charge in [0.1, 0.15) is 0 Å². The standard InChI is InChI=1S/C10H7ClN4O2S/c1-2-17-10(16)6-9-12-8(11)7-5(3-4-18-7)15(9)14-13-6/h3-4H,2H2,1H3. The number of aromatic nitrogens is 4. The van der Waals surface area contributed by atoms with E-state index in [1.54, 1.807) is 6.92 Å². The van der Waals surface area contributed by atoms with Crippen LogP contribution in [0.4, 0.5) is 0 Å². The lowest BCUT2D eigenvalue weighted by Gasteiger charge is -1.99. The van der Waals surface area contributed by atoms with Crippen molar-refractivity contribution in [3.8, 4) is 0 Å². The second kappa shape index (κ2) is 4.18. The Balaban J connectivity index is 2.31. The summed E-state index contributed by atoms with van der Waals surface area (Å²) in [5, 5.41) is 9.93. The molecule has 0 saturated carbocycles. The van der Waals surface area contributed by atoms with Gasteiger partial charge in [-0.15, -0.1) is 16.4 Å². The maximum absolute atomic E-state index is 11.7. The molecular weight excluding hydrogens is 276 g/mol. The van der Waals surface area contributed by atoms with Crippen molar-refractivity contribution in [3.05, 3.63) is 22.3 Å². The number of ether oxygens (including phenoxy) is 1. The number of esters is 1. The molecule has 0 amide bonds. The first-order valence-corrected chi connectivity index (χ1v) is 6.43. The fourth-order valence-electron chi connectivity index (χ4n) is 1.64. The lowest BCUT2D eigenvalue weighted by molar-refractivity contribution is 0.0521. The van der Waals surface area contributed by atoms with Crippen molar-refractivity contribution in [1.82, 2.24) is 19.8 Å². The molecule has 92 valence electrons. The van der Waals surface area contributed by atoms with E-state index in [-0.39, 0.29) is 12.3 Å². The van der Waals surface area contributed by atoms with Gasteiger partial charge in [-0.25, -0.2) is 9.78 Å². The molecule has 0 bridgehead atoms. The molecule has 0 unspecified atom stereocenters. The highest BCUT2D eigenvalue weighted by atomic mass is 35.5. The smallest absolute Gasteiger partial charge is 0.362 e. The number of hydrogen-bond acceptors (Lipinski definition) is 6. The Kier molecular flexibility index (Phi) is 2.64. The van der Waals surface area contributed by atoms with Crippen LogP contribution < -0.4 is 0 Å². The maximum atomic E-state index is 11.7. The Hall–Kier alpha value is -1.73. The van der Waals surface area contributed by atoms with E-state index in [0.717, 1.165) is 10.2 Å². The second-order valence-corrected chi connectivity index (χ2v) is 4.71. The van der Waals surface area contributed by atoms with Crippen molar-refractivity contribution in [2.45, 2.75) is 6.92 Å². The van der Waals surface area contributed by atoms with Gasteiger partial charge in [-0.1, -0.05) is 16.8 Å². The summed E-state index contributed by atoms with van der Waals surface area (Å²) in [6.07, 6.45) is 0. The van der Waals surface area contributed by atoms with E-state index in [9.17, 15) is 4.79 Å². The van der Waals surface area contributed by atoms with E-state index in [0.29, 0.717) is 10.8 Å². The van der Waals surface area contributed by atoms with Crippen LogP contribution in [-0.4, -0.2) is 32.4 Å². The first kappa shape index (κ1) is 11.4. The van der Waals surface area contributed by atoms with Crippen LogP contribution in [0.25, 0.3) is 15.9 Å². The summed E-state index contributed by atoms with van der Waals surface area (Å²) >= 11 is 7.52. The molecule has 3 aromatic heterocycles. The first-order valence-electron chi connectivity index (χ1n) is 5.17. The van der Waals surface area contributed by atoms with Gasteiger partial charge in [0.25, 0.3) is 0 Å². The van der Waals surface area contributed by atoms with Crippen molar-refractivity contribution < 1.29 is 9.53 Å². The zero-order valence-corrected chi connectivity index (χ0v) is 10.8. The van der Waals surface area contributed by atoms with Gasteiger partial charge in [-0.2, -0.15) is 4.52 Å². The van der Waals surface area contributed by atoms with Gasteiger partial charge < -0.3 is 4.74 Å². The number of hydrogen-bond donors (Lipinski definition) is 0. The molecule has 0 spiro atoms. The largest absolute Gasteiger partial charge is 0.461 e. The van der Waals surface area contributed by atoms with Crippen LogP contribution in [0, 0.1) is 0 Å². The summed E-state index contributed by atoms with van der Waals surface area (Å²) in [7, 11) is 0. The minimum absolute atomic E-state index is 0.0758. The molecule has 8 heteroatoms. The molecular formula is C10H7ClN4O2S. The Morgan fingerprint density at radius 1 is 1.61 bits per heavy atom. The number of nitrogens with zero attached hydrogens (tertiary/aromatic N) is 4. The third-order valence-corrected chi connectivity index (χ3v) is 3.68. The molecule has 0 saturated heterocycles. The average molecular weight is 283 g/mol. The quantitative estimate of drug-likeness (QED) is 0.532. The van der Waals surface area contributed by atoms with Crippen LogP contribution in [0.3, 0.4) is 0 Å². The molecule has 3 rings (SSSR count). The highest BCUT2D eigenvalue weighted by Crippen LogP contribution is 2.28. The Labute approximate surface area is 110 Å². The molecule has 0 aliphatic heterocycles. The Morgan fingerprint density at radius 2 is 2.44 bits per heavy atom. The van der Waals surface area contributed by atoms with Gasteiger partial charge in [0.2, 0.25) is 5.69 Å². The number of rotatable bonds is 2. The number of carbonyl (C=O) groups excluding carboxylic acids is 1. The van der Waals surface area contributed by atoms with Gasteiger partial charge >= 0.3 is 5.97 Å². The number of halogens is 1. The molecule has 0 fully saturated rings. The van der Waals surface area contributed by atoms with Crippen LogP contribution in [0.1, 0.15) is 17.4 Å². The molecule has 0 aliphatic rings. The summed E-state index contributed by atoms with van der Waals surface area (Å²) in [5.41, 5.74) is 1.16. The predicted molar refractivity (Wildman–Crippen MR) is 67.1 cm³/mol. The number of thiophene rings is 1. The SMILES string of the molecule is CCOC(=O)c1nnn2c1nc(Cl)c1sccc12. The summed E-state index contributed by atoms with van der Waals surface area (Å²) < 4.78 is 7.19. The van der Waals surface area contributed by atoms with Gasteiger partial charge in [0.15, 0.2) is 10.8 Å². The lowest BCUT2D eigenvalue weighted by Crippen LogP contribution is -2.06. The van der Waals surface area contributed by atoms with Crippen molar-refractivity contribution in [2.24, 2.45) is 0 Å².